The van der Waals surface area contributed by atoms with Gasteiger partial charge in [-0.1, -0.05) is 47.1 Å². The molecule has 0 aromatic heterocycles. The SMILES string of the molecule is CCCNC(c1ccccc1Br)c1c(F)ccc(C)c1F. The molecule has 0 bridgehead atoms. The summed E-state index contributed by atoms with van der Waals surface area (Å²) in [5.74, 6) is -1.01. The van der Waals surface area contributed by atoms with Crippen LogP contribution in [0, 0.1) is 18.6 Å². The molecule has 2 rings (SSSR count). The second-order valence-electron chi connectivity index (χ2n) is 5.00. The Balaban J connectivity index is 2.56. The zero-order valence-corrected chi connectivity index (χ0v) is 13.7. The molecular formula is C17H18BrF2N. The summed E-state index contributed by atoms with van der Waals surface area (Å²) in [4.78, 5) is 0. The fraction of sp³-hybridized carbons (Fsp3) is 0.294. The third kappa shape index (κ3) is 3.50. The summed E-state index contributed by atoms with van der Waals surface area (Å²) in [6.45, 7) is 4.35. The molecule has 0 saturated heterocycles. The molecule has 112 valence electrons. The van der Waals surface area contributed by atoms with E-state index in [-0.39, 0.29) is 5.56 Å². The number of hydrogen-bond acceptors (Lipinski definition) is 1. The highest BCUT2D eigenvalue weighted by Crippen LogP contribution is 2.32. The van der Waals surface area contributed by atoms with Gasteiger partial charge in [0, 0.05) is 10.0 Å². The molecule has 0 aliphatic rings. The van der Waals surface area contributed by atoms with E-state index < -0.39 is 17.7 Å². The van der Waals surface area contributed by atoms with Crippen molar-refractivity contribution in [3.8, 4) is 0 Å². The molecule has 0 saturated carbocycles. The lowest BCUT2D eigenvalue weighted by Crippen LogP contribution is -2.25. The monoisotopic (exact) mass is 353 g/mol. The lowest BCUT2D eigenvalue weighted by molar-refractivity contribution is 0.499. The summed E-state index contributed by atoms with van der Waals surface area (Å²) >= 11 is 3.47. The molecule has 0 fully saturated rings. The second-order valence-corrected chi connectivity index (χ2v) is 5.85. The fourth-order valence-corrected chi connectivity index (χ4v) is 2.82. The molecule has 0 spiro atoms. The first-order chi connectivity index (χ1) is 10.1. The Hall–Kier alpha value is -1.26. The van der Waals surface area contributed by atoms with Gasteiger partial charge in [0.25, 0.3) is 0 Å². The van der Waals surface area contributed by atoms with Gasteiger partial charge in [-0.25, -0.2) is 8.78 Å². The standard InChI is InChI=1S/C17H18BrF2N/c1-3-10-21-17(12-6-4-5-7-13(12)18)15-14(19)9-8-11(2)16(15)20/h4-9,17,21H,3,10H2,1-2H3. The Bertz CT molecular complexity index is 628. The highest BCUT2D eigenvalue weighted by Gasteiger charge is 2.24. The van der Waals surface area contributed by atoms with Crippen molar-refractivity contribution in [2.24, 2.45) is 0 Å². The summed E-state index contributed by atoms with van der Waals surface area (Å²) in [6.07, 6.45) is 0.885. The first-order valence-corrected chi connectivity index (χ1v) is 7.77. The molecule has 4 heteroatoms. The highest BCUT2D eigenvalue weighted by molar-refractivity contribution is 9.10. The Kier molecular flexibility index (Phi) is 5.48. The predicted octanol–water partition coefficient (Wildman–Crippen LogP) is 5.12. The first-order valence-electron chi connectivity index (χ1n) is 6.98. The lowest BCUT2D eigenvalue weighted by Gasteiger charge is -2.22. The van der Waals surface area contributed by atoms with Crippen LogP contribution < -0.4 is 5.32 Å². The highest BCUT2D eigenvalue weighted by atomic mass is 79.9. The number of hydrogen-bond donors (Lipinski definition) is 1. The van der Waals surface area contributed by atoms with Crippen LogP contribution in [0.4, 0.5) is 8.78 Å². The molecule has 2 aromatic carbocycles. The average molecular weight is 354 g/mol. The lowest BCUT2D eigenvalue weighted by atomic mass is 9.96. The van der Waals surface area contributed by atoms with Crippen molar-refractivity contribution in [3.63, 3.8) is 0 Å². The van der Waals surface area contributed by atoms with Crippen LogP contribution in [0.25, 0.3) is 0 Å². The largest absolute Gasteiger partial charge is 0.306 e. The number of rotatable bonds is 5. The number of halogens is 3. The van der Waals surface area contributed by atoms with Crippen LogP contribution in [-0.4, -0.2) is 6.54 Å². The average Bonchev–Trinajstić information content (AvgIpc) is 2.47. The third-order valence-electron chi connectivity index (χ3n) is 3.42. The Morgan fingerprint density at radius 3 is 2.52 bits per heavy atom. The van der Waals surface area contributed by atoms with Crippen molar-refractivity contribution in [2.45, 2.75) is 26.3 Å². The Labute approximate surface area is 132 Å². The molecule has 1 unspecified atom stereocenters. The van der Waals surface area contributed by atoms with E-state index in [2.05, 4.69) is 21.2 Å². The van der Waals surface area contributed by atoms with E-state index in [0.717, 1.165) is 16.5 Å². The first kappa shape index (κ1) is 16.1. The van der Waals surface area contributed by atoms with Crippen LogP contribution in [0.5, 0.6) is 0 Å². The van der Waals surface area contributed by atoms with Crippen molar-refractivity contribution < 1.29 is 8.78 Å². The van der Waals surface area contributed by atoms with E-state index in [1.807, 2.05) is 31.2 Å². The van der Waals surface area contributed by atoms with Crippen molar-refractivity contribution >= 4 is 15.9 Å². The molecule has 0 aliphatic heterocycles. The molecule has 0 amide bonds. The van der Waals surface area contributed by atoms with Gasteiger partial charge in [0.2, 0.25) is 0 Å². The van der Waals surface area contributed by atoms with Crippen molar-refractivity contribution in [1.29, 1.82) is 0 Å². The summed E-state index contributed by atoms with van der Waals surface area (Å²) in [7, 11) is 0. The molecule has 0 aliphatic carbocycles. The van der Waals surface area contributed by atoms with Gasteiger partial charge in [-0.2, -0.15) is 0 Å². The molecular weight excluding hydrogens is 336 g/mol. The van der Waals surface area contributed by atoms with Crippen molar-refractivity contribution in [3.05, 3.63) is 69.2 Å². The number of benzene rings is 2. The molecule has 2 aromatic rings. The molecule has 0 heterocycles. The van der Waals surface area contributed by atoms with Crippen LogP contribution in [-0.2, 0) is 0 Å². The minimum Gasteiger partial charge on any atom is -0.306 e. The van der Waals surface area contributed by atoms with Crippen LogP contribution in [0.3, 0.4) is 0 Å². The van der Waals surface area contributed by atoms with E-state index in [1.165, 1.54) is 12.1 Å². The zero-order valence-electron chi connectivity index (χ0n) is 12.1. The predicted molar refractivity (Wildman–Crippen MR) is 85.4 cm³/mol. The van der Waals surface area contributed by atoms with Crippen LogP contribution in [0.2, 0.25) is 0 Å². The van der Waals surface area contributed by atoms with Gasteiger partial charge in [0.1, 0.15) is 11.6 Å². The minimum atomic E-state index is -0.526. The number of nitrogens with one attached hydrogen (secondary N) is 1. The van der Waals surface area contributed by atoms with Crippen molar-refractivity contribution in [1.82, 2.24) is 5.32 Å². The smallest absolute Gasteiger partial charge is 0.134 e. The molecule has 0 radical (unpaired) electrons. The van der Waals surface area contributed by atoms with E-state index in [4.69, 9.17) is 0 Å². The summed E-state index contributed by atoms with van der Waals surface area (Å²) in [6, 6.07) is 9.77. The quantitative estimate of drug-likeness (QED) is 0.785. The summed E-state index contributed by atoms with van der Waals surface area (Å²) in [5.41, 5.74) is 1.35. The summed E-state index contributed by atoms with van der Waals surface area (Å²) < 4.78 is 29.5. The van der Waals surface area contributed by atoms with Crippen LogP contribution in [0.15, 0.2) is 40.9 Å². The van der Waals surface area contributed by atoms with Gasteiger partial charge in [-0.15, -0.1) is 0 Å². The van der Waals surface area contributed by atoms with Crippen LogP contribution >= 0.6 is 15.9 Å². The minimum absolute atomic E-state index is 0.0790. The van der Waals surface area contributed by atoms with E-state index >= 15 is 0 Å². The molecule has 1 N–H and O–H groups in total. The zero-order chi connectivity index (χ0) is 15.4. The Morgan fingerprint density at radius 1 is 1.14 bits per heavy atom. The Morgan fingerprint density at radius 2 is 1.86 bits per heavy atom. The maximum Gasteiger partial charge on any atom is 0.134 e. The van der Waals surface area contributed by atoms with Gasteiger partial charge < -0.3 is 5.32 Å². The van der Waals surface area contributed by atoms with E-state index in [0.29, 0.717) is 12.1 Å². The van der Waals surface area contributed by atoms with Crippen LogP contribution in [0.1, 0.15) is 36.1 Å². The molecule has 1 nitrogen and oxygen atoms in total. The maximum absolute atomic E-state index is 14.5. The van der Waals surface area contributed by atoms with Crippen molar-refractivity contribution in [2.75, 3.05) is 6.54 Å². The topological polar surface area (TPSA) is 12.0 Å². The van der Waals surface area contributed by atoms with Gasteiger partial charge in [0.15, 0.2) is 0 Å². The molecule has 1 atom stereocenters. The second kappa shape index (κ2) is 7.14. The summed E-state index contributed by atoms with van der Waals surface area (Å²) in [5, 5.41) is 3.24. The normalized spacial score (nSPS) is 12.4. The van der Waals surface area contributed by atoms with Gasteiger partial charge >= 0.3 is 0 Å². The van der Waals surface area contributed by atoms with Gasteiger partial charge in [0.05, 0.1) is 6.04 Å². The number of aryl methyl sites for hydroxylation is 1. The molecule has 21 heavy (non-hydrogen) atoms. The third-order valence-corrected chi connectivity index (χ3v) is 4.15. The van der Waals surface area contributed by atoms with Gasteiger partial charge in [-0.05, 0) is 43.1 Å². The van der Waals surface area contributed by atoms with Gasteiger partial charge in [-0.3, -0.25) is 0 Å². The van der Waals surface area contributed by atoms with E-state index in [9.17, 15) is 8.78 Å². The van der Waals surface area contributed by atoms with E-state index in [1.54, 1.807) is 6.92 Å². The maximum atomic E-state index is 14.5. The fourth-order valence-electron chi connectivity index (χ4n) is 2.31.